The van der Waals surface area contributed by atoms with Gasteiger partial charge in [-0.15, -0.1) is 0 Å². The maximum atomic E-state index is 13.8. The van der Waals surface area contributed by atoms with Crippen LogP contribution in [0.5, 0.6) is 0 Å². The third-order valence-corrected chi connectivity index (χ3v) is 5.20. The molecule has 0 unspecified atom stereocenters. The van der Waals surface area contributed by atoms with E-state index < -0.39 is 5.82 Å². The van der Waals surface area contributed by atoms with Gasteiger partial charge in [0.25, 0.3) is 5.91 Å². The van der Waals surface area contributed by atoms with Crippen molar-refractivity contribution in [2.24, 2.45) is 0 Å². The third kappa shape index (κ3) is 4.00. The van der Waals surface area contributed by atoms with Gasteiger partial charge in [0, 0.05) is 45.3 Å². The standard InChI is InChI=1S/C19H25FN2O3/c1-14(23)22(16-8-12-25-13-9-16)15-6-10-21(11-7-15)19(24)17-4-2-3-5-18(17)20/h2-5,15-16H,6-13H2,1H3. The first-order chi connectivity index (χ1) is 12.1. The Hall–Kier alpha value is -1.95. The smallest absolute Gasteiger partial charge is 0.256 e. The van der Waals surface area contributed by atoms with Crippen LogP contribution in [-0.2, 0) is 9.53 Å². The van der Waals surface area contributed by atoms with E-state index in [2.05, 4.69) is 0 Å². The van der Waals surface area contributed by atoms with Gasteiger partial charge in [-0.25, -0.2) is 4.39 Å². The fraction of sp³-hybridized carbons (Fsp3) is 0.579. The molecule has 2 heterocycles. The highest BCUT2D eigenvalue weighted by Crippen LogP contribution is 2.25. The number of likely N-dealkylation sites (tertiary alicyclic amines) is 1. The van der Waals surface area contributed by atoms with Gasteiger partial charge in [0.15, 0.2) is 0 Å². The molecule has 0 radical (unpaired) electrons. The number of benzene rings is 1. The summed E-state index contributed by atoms with van der Waals surface area (Å²) in [6, 6.07) is 6.45. The van der Waals surface area contributed by atoms with Gasteiger partial charge in [0.05, 0.1) is 5.56 Å². The van der Waals surface area contributed by atoms with Crippen molar-refractivity contribution in [3.63, 3.8) is 0 Å². The van der Waals surface area contributed by atoms with E-state index >= 15 is 0 Å². The fourth-order valence-electron chi connectivity index (χ4n) is 3.93. The number of hydrogen-bond acceptors (Lipinski definition) is 3. The van der Waals surface area contributed by atoms with E-state index in [-0.39, 0.29) is 29.5 Å². The lowest BCUT2D eigenvalue weighted by Gasteiger charge is -2.43. The fourth-order valence-corrected chi connectivity index (χ4v) is 3.93. The number of carbonyl (C=O) groups excluding carboxylic acids is 2. The summed E-state index contributed by atoms with van der Waals surface area (Å²) in [6.45, 7) is 4.10. The van der Waals surface area contributed by atoms with E-state index in [9.17, 15) is 14.0 Å². The maximum Gasteiger partial charge on any atom is 0.256 e. The number of piperidine rings is 1. The topological polar surface area (TPSA) is 49.9 Å². The zero-order chi connectivity index (χ0) is 17.8. The molecule has 0 aliphatic carbocycles. The Kier molecular flexibility index (Phi) is 5.68. The molecule has 2 saturated heterocycles. The Balaban J connectivity index is 1.63. The number of hydrogen-bond donors (Lipinski definition) is 0. The number of carbonyl (C=O) groups is 2. The molecule has 2 amide bonds. The van der Waals surface area contributed by atoms with Gasteiger partial charge in [-0.1, -0.05) is 12.1 Å². The van der Waals surface area contributed by atoms with Gasteiger partial charge in [-0.3, -0.25) is 9.59 Å². The van der Waals surface area contributed by atoms with Gasteiger partial charge >= 0.3 is 0 Å². The minimum Gasteiger partial charge on any atom is -0.381 e. The molecule has 0 bridgehead atoms. The van der Waals surface area contributed by atoms with Gasteiger partial charge in [0.1, 0.15) is 5.82 Å². The SMILES string of the molecule is CC(=O)N(C1CCOCC1)C1CCN(C(=O)c2ccccc2F)CC1. The number of rotatable bonds is 3. The molecule has 5 nitrogen and oxygen atoms in total. The van der Waals surface area contributed by atoms with Crippen LogP contribution in [0.1, 0.15) is 43.0 Å². The molecule has 25 heavy (non-hydrogen) atoms. The third-order valence-electron chi connectivity index (χ3n) is 5.20. The van der Waals surface area contributed by atoms with Crippen molar-refractivity contribution in [2.75, 3.05) is 26.3 Å². The lowest BCUT2D eigenvalue weighted by molar-refractivity contribution is -0.137. The Morgan fingerprint density at radius 3 is 2.28 bits per heavy atom. The Labute approximate surface area is 147 Å². The zero-order valence-corrected chi connectivity index (χ0v) is 14.6. The number of halogens is 1. The van der Waals surface area contributed by atoms with Crippen molar-refractivity contribution in [1.29, 1.82) is 0 Å². The van der Waals surface area contributed by atoms with Crippen LogP contribution in [-0.4, -0.2) is 60.0 Å². The largest absolute Gasteiger partial charge is 0.381 e. The second-order valence-electron chi connectivity index (χ2n) is 6.77. The van der Waals surface area contributed by atoms with Crippen molar-refractivity contribution in [3.8, 4) is 0 Å². The monoisotopic (exact) mass is 348 g/mol. The normalized spacial score (nSPS) is 19.7. The summed E-state index contributed by atoms with van der Waals surface area (Å²) in [5.74, 6) is -0.662. The Bertz CT molecular complexity index is 623. The van der Waals surface area contributed by atoms with Crippen LogP contribution in [0, 0.1) is 5.82 Å². The van der Waals surface area contributed by atoms with Crippen LogP contribution < -0.4 is 0 Å². The van der Waals surface area contributed by atoms with Crippen LogP contribution in [0.2, 0.25) is 0 Å². The van der Waals surface area contributed by atoms with Crippen LogP contribution >= 0.6 is 0 Å². The molecular weight excluding hydrogens is 323 g/mol. The van der Waals surface area contributed by atoms with Crippen molar-refractivity contribution in [1.82, 2.24) is 9.80 Å². The first kappa shape index (κ1) is 17.9. The molecular formula is C19H25FN2O3. The second kappa shape index (κ2) is 7.95. The Morgan fingerprint density at radius 2 is 1.68 bits per heavy atom. The minimum atomic E-state index is -0.484. The first-order valence-corrected chi connectivity index (χ1v) is 8.98. The van der Waals surface area contributed by atoms with E-state index in [0.717, 1.165) is 25.7 Å². The highest BCUT2D eigenvalue weighted by Gasteiger charge is 2.33. The van der Waals surface area contributed by atoms with Gasteiger partial charge < -0.3 is 14.5 Å². The highest BCUT2D eigenvalue weighted by molar-refractivity contribution is 5.94. The average molecular weight is 348 g/mol. The van der Waals surface area contributed by atoms with Crippen LogP contribution in [0.4, 0.5) is 4.39 Å². The van der Waals surface area contributed by atoms with Crippen molar-refractivity contribution in [2.45, 2.75) is 44.7 Å². The van der Waals surface area contributed by atoms with Crippen molar-refractivity contribution < 1.29 is 18.7 Å². The van der Waals surface area contributed by atoms with Gasteiger partial charge in [-0.2, -0.15) is 0 Å². The molecule has 1 aromatic carbocycles. The van der Waals surface area contributed by atoms with E-state index in [1.807, 2.05) is 4.90 Å². The number of ether oxygens (including phenoxy) is 1. The molecule has 0 spiro atoms. The minimum absolute atomic E-state index is 0.0887. The summed E-state index contributed by atoms with van der Waals surface area (Å²) < 4.78 is 19.2. The summed E-state index contributed by atoms with van der Waals surface area (Å²) >= 11 is 0. The Morgan fingerprint density at radius 1 is 1.08 bits per heavy atom. The van der Waals surface area contributed by atoms with Gasteiger partial charge in [-0.05, 0) is 37.8 Å². The highest BCUT2D eigenvalue weighted by atomic mass is 19.1. The molecule has 0 N–H and O–H groups in total. The van der Waals surface area contributed by atoms with E-state index in [4.69, 9.17) is 4.74 Å². The summed E-state index contributed by atoms with van der Waals surface area (Å²) in [5, 5.41) is 0. The van der Waals surface area contributed by atoms with E-state index in [1.165, 1.54) is 12.1 Å². The molecule has 3 rings (SSSR count). The first-order valence-electron chi connectivity index (χ1n) is 8.98. The summed E-state index contributed by atoms with van der Waals surface area (Å²) in [5.41, 5.74) is 0.119. The molecule has 6 heteroatoms. The summed E-state index contributed by atoms with van der Waals surface area (Å²) in [7, 11) is 0. The lowest BCUT2D eigenvalue weighted by atomic mass is 9.97. The quantitative estimate of drug-likeness (QED) is 0.843. The van der Waals surface area contributed by atoms with E-state index in [1.54, 1.807) is 24.0 Å². The molecule has 1 aromatic rings. The van der Waals surface area contributed by atoms with Crippen LogP contribution in [0.25, 0.3) is 0 Å². The predicted molar refractivity (Wildman–Crippen MR) is 91.7 cm³/mol. The maximum absolute atomic E-state index is 13.8. The van der Waals surface area contributed by atoms with Crippen LogP contribution in [0.15, 0.2) is 24.3 Å². The molecule has 0 atom stereocenters. The summed E-state index contributed by atoms with van der Waals surface area (Å²) in [6.07, 6.45) is 3.20. The average Bonchev–Trinajstić information content (AvgIpc) is 2.63. The number of amides is 2. The van der Waals surface area contributed by atoms with Crippen LogP contribution in [0.3, 0.4) is 0 Å². The number of nitrogens with zero attached hydrogens (tertiary/aromatic N) is 2. The summed E-state index contributed by atoms with van der Waals surface area (Å²) in [4.78, 5) is 28.4. The van der Waals surface area contributed by atoms with Crippen molar-refractivity contribution >= 4 is 11.8 Å². The molecule has 2 aliphatic rings. The van der Waals surface area contributed by atoms with E-state index in [0.29, 0.717) is 26.3 Å². The lowest BCUT2D eigenvalue weighted by Crippen LogP contribution is -2.53. The molecule has 2 fully saturated rings. The zero-order valence-electron chi connectivity index (χ0n) is 14.6. The molecule has 0 aromatic heterocycles. The second-order valence-corrected chi connectivity index (χ2v) is 6.77. The molecule has 0 saturated carbocycles. The van der Waals surface area contributed by atoms with Gasteiger partial charge in [0.2, 0.25) is 5.91 Å². The molecule has 2 aliphatic heterocycles. The molecule has 136 valence electrons. The predicted octanol–water partition coefficient (Wildman–Crippen LogP) is 2.46. The van der Waals surface area contributed by atoms with Crippen molar-refractivity contribution in [3.05, 3.63) is 35.6 Å².